The first-order valence-electron chi connectivity index (χ1n) is 8.63. The quantitative estimate of drug-likeness (QED) is 0.375. The summed E-state index contributed by atoms with van der Waals surface area (Å²) in [6.07, 6.45) is 5.45. The van der Waals surface area contributed by atoms with Crippen LogP contribution in [0.15, 0.2) is 74.9 Å². The van der Waals surface area contributed by atoms with Crippen molar-refractivity contribution in [2.24, 2.45) is 4.99 Å². The minimum atomic E-state index is 0.0767. The zero-order chi connectivity index (χ0) is 18.8. The lowest BCUT2D eigenvalue weighted by Gasteiger charge is -2.12. The maximum atomic E-state index is 5.91. The monoisotopic (exact) mass is 423 g/mol. The maximum absolute atomic E-state index is 5.91. The highest BCUT2D eigenvalue weighted by Crippen LogP contribution is 2.32. The van der Waals surface area contributed by atoms with Crippen LogP contribution >= 0.6 is 15.9 Å². The molecule has 4 rings (SSSR count). The number of hydrogen-bond acceptors (Lipinski definition) is 4. The van der Waals surface area contributed by atoms with Crippen LogP contribution in [0.5, 0.6) is 5.75 Å². The second-order valence-electron chi connectivity index (χ2n) is 6.30. The number of fused-ring (bicyclic) bond motifs is 1. The van der Waals surface area contributed by atoms with Crippen LogP contribution in [0.4, 0.5) is 5.82 Å². The summed E-state index contributed by atoms with van der Waals surface area (Å²) in [5.74, 6) is 2.17. The lowest BCUT2D eigenvalue weighted by molar-refractivity contribution is 0.242. The van der Waals surface area contributed by atoms with Gasteiger partial charge in [0.05, 0.1) is 12.4 Å². The topological polar surface area (TPSA) is 52.0 Å². The summed E-state index contributed by atoms with van der Waals surface area (Å²) in [5, 5.41) is 0. The zero-order valence-corrected chi connectivity index (χ0v) is 16.6. The number of aliphatic imine (C=N–C) groups is 1. The van der Waals surface area contributed by atoms with Crippen LogP contribution in [-0.4, -0.2) is 21.7 Å². The number of pyridine rings is 1. The van der Waals surface area contributed by atoms with Crippen molar-refractivity contribution in [1.29, 1.82) is 0 Å². The fourth-order valence-electron chi connectivity index (χ4n) is 2.80. The second-order valence-corrected chi connectivity index (χ2v) is 7.21. The number of rotatable bonds is 5. The van der Waals surface area contributed by atoms with Gasteiger partial charge in [-0.1, -0.05) is 22.0 Å². The molecule has 3 heterocycles. The highest BCUT2D eigenvalue weighted by molar-refractivity contribution is 9.10. The van der Waals surface area contributed by atoms with Crippen LogP contribution in [-0.2, 0) is 0 Å². The van der Waals surface area contributed by atoms with Crippen LogP contribution in [0.1, 0.15) is 19.4 Å². The van der Waals surface area contributed by atoms with Crippen molar-refractivity contribution in [3.05, 3.63) is 71.0 Å². The maximum Gasteiger partial charge on any atom is 0.168 e. The van der Waals surface area contributed by atoms with Gasteiger partial charge in [-0.2, -0.15) is 0 Å². The van der Waals surface area contributed by atoms with Gasteiger partial charge in [-0.05, 0) is 56.3 Å². The molecule has 3 aromatic heterocycles. The van der Waals surface area contributed by atoms with Crippen molar-refractivity contribution in [2.45, 2.75) is 20.0 Å². The predicted molar refractivity (Wildman–Crippen MR) is 110 cm³/mol. The fraction of sp³-hybridized carbons (Fsp3) is 0.143. The molecule has 0 fully saturated rings. The molecule has 0 aliphatic heterocycles. The molecule has 0 saturated carbocycles. The largest absolute Gasteiger partial charge is 0.490 e. The van der Waals surface area contributed by atoms with E-state index < -0.39 is 0 Å². The van der Waals surface area contributed by atoms with E-state index in [0.717, 1.165) is 21.4 Å². The number of aromatic nitrogens is 2. The average Bonchev–Trinajstić information content (AvgIpc) is 3.29. The van der Waals surface area contributed by atoms with Crippen LogP contribution in [0.25, 0.3) is 17.1 Å². The molecular weight excluding hydrogens is 406 g/mol. The lowest BCUT2D eigenvalue weighted by Crippen LogP contribution is -2.07. The Labute approximate surface area is 165 Å². The zero-order valence-electron chi connectivity index (χ0n) is 15.0. The van der Waals surface area contributed by atoms with Gasteiger partial charge in [0, 0.05) is 22.4 Å². The summed E-state index contributed by atoms with van der Waals surface area (Å²) in [4.78, 5) is 9.41. The van der Waals surface area contributed by atoms with Gasteiger partial charge >= 0.3 is 0 Å². The van der Waals surface area contributed by atoms with Crippen molar-refractivity contribution in [1.82, 2.24) is 9.38 Å². The van der Waals surface area contributed by atoms with Gasteiger partial charge < -0.3 is 9.15 Å². The van der Waals surface area contributed by atoms with Gasteiger partial charge in [-0.3, -0.25) is 4.40 Å². The molecule has 0 unspecified atom stereocenters. The minimum absolute atomic E-state index is 0.0767. The number of halogens is 1. The SMILES string of the molecule is CC(C)Oc1ccc(Br)cc1C=Nc1c(-c2ccco2)nc2ccccn12. The molecule has 6 heteroatoms. The van der Waals surface area contributed by atoms with Gasteiger partial charge in [0.25, 0.3) is 0 Å². The Morgan fingerprint density at radius 1 is 1.19 bits per heavy atom. The number of ether oxygens (including phenoxy) is 1. The normalized spacial score (nSPS) is 11.7. The van der Waals surface area contributed by atoms with E-state index in [0.29, 0.717) is 17.3 Å². The number of benzene rings is 1. The molecule has 0 bridgehead atoms. The van der Waals surface area contributed by atoms with E-state index in [1.807, 2.05) is 73.0 Å². The smallest absolute Gasteiger partial charge is 0.168 e. The minimum Gasteiger partial charge on any atom is -0.490 e. The van der Waals surface area contributed by atoms with Crippen molar-refractivity contribution in [2.75, 3.05) is 0 Å². The Morgan fingerprint density at radius 2 is 2.07 bits per heavy atom. The summed E-state index contributed by atoms with van der Waals surface area (Å²) in [7, 11) is 0. The third-order valence-corrected chi connectivity index (χ3v) is 4.41. The first-order valence-corrected chi connectivity index (χ1v) is 9.42. The van der Waals surface area contributed by atoms with Crippen LogP contribution in [0, 0.1) is 0 Å². The van der Waals surface area contributed by atoms with E-state index in [2.05, 4.69) is 20.9 Å². The van der Waals surface area contributed by atoms with Crippen LogP contribution in [0.3, 0.4) is 0 Å². The molecule has 136 valence electrons. The predicted octanol–water partition coefficient (Wildman–Crippen LogP) is 5.89. The van der Waals surface area contributed by atoms with E-state index in [9.17, 15) is 0 Å². The Hall–Kier alpha value is -2.86. The number of imidazole rings is 1. The Balaban J connectivity index is 1.82. The molecule has 0 radical (unpaired) electrons. The van der Waals surface area contributed by atoms with Crippen molar-refractivity contribution in [3.63, 3.8) is 0 Å². The Kier molecular flexibility index (Phi) is 4.81. The third-order valence-electron chi connectivity index (χ3n) is 3.92. The van der Waals surface area contributed by atoms with Crippen molar-refractivity contribution < 1.29 is 9.15 Å². The molecule has 4 aromatic rings. The average molecular weight is 424 g/mol. The van der Waals surface area contributed by atoms with E-state index >= 15 is 0 Å². The van der Waals surface area contributed by atoms with Crippen LogP contribution < -0.4 is 4.74 Å². The summed E-state index contributed by atoms with van der Waals surface area (Å²) in [6.45, 7) is 4.00. The highest BCUT2D eigenvalue weighted by atomic mass is 79.9. The van der Waals surface area contributed by atoms with E-state index in [1.54, 1.807) is 12.5 Å². The molecule has 27 heavy (non-hydrogen) atoms. The summed E-state index contributed by atoms with van der Waals surface area (Å²) in [6, 6.07) is 15.4. The molecular formula is C21H18BrN3O2. The van der Waals surface area contributed by atoms with Gasteiger partial charge in [0.1, 0.15) is 11.4 Å². The third kappa shape index (κ3) is 3.66. The summed E-state index contributed by atoms with van der Waals surface area (Å²) >= 11 is 3.52. The van der Waals surface area contributed by atoms with E-state index in [4.69, 9.17) is 14.1 Å². The number of furan rings is 1. The molecule has 0 saturated heterocycles. The molecule has 0 aliphatic carbocycles. The first kappa shape index (κ1) is 17.5. The van der Waals surface area contributed by atoms with Crippen LogP contribution in [0.2, 0.25) is 0 Å². The summed E-state index contributed by atoms with van der Waals surface area (Å²) < 4.78 is 14.4. The standard InChI is InChI=1S/C21H18BrN3O2/c1-14(2)27-17-9-8-16(22)12-15(17)13-23-21-20(18-6-5-11-26-18)24-19-7-3-4-10-25(19)21/h3-14H,1-2H3. The first-order chi connectivity index (χ1) is 13.1. The van der Waals surface area contributed by atoms with E-state index in [-0.39, 0.29) is 6.10 Å². The molecule has 0 atom stereocenters. The van der Waals surface area contributed by atoms with Gasteiger partial charge in [0.2, 0.25) is 0 Å². The molecule has 0 amide bonds. The van der Waals surface area contributed by atoms with Crippen molar-refractivity contribution >= 4 is 33.6 Å². The highest BCUT2D eigenvalue weighted by Gasteiger charge is 2.15. The van der Waals surface area contributed by atoms with Gasteiger partial charge in [-0.25, -0.2) is 9.98 Å². The lowest BCUT2D eigenvalue weighted by atomic mass is 10.2. The molecule has 1 aromatic carbocycles. The second kappa shape index (κ2) is 7.40. The van der Waals surface area contributed by atoms with Gasteiger partial charge in [0.15, 0.2) is 17.3 Å². The Bertz CT molecular complexity index is 1100. The summed E-state index contributed by atoms with van der Waals surface area (Å²) in [5.41, 5.74) is 2.39. The molecule has 0 N–H and O–H groups in total. The Morgan fingerprint density at radius 3 is 2.85 bits per heavy atom. The van der Waals surface area contributed by atoms with E-state index in [1.165, 1.54) is 0 Å². The van der Waals surface area contributed by atoms with Gasteiger partial charge in [-0.15, -0.1) is 0 Å². The van der Waals surface area contributed by atoms with Crippen molar-refractivity contribution in [3.8, 4) is 17.2 Å². The molecule has 5 nitrogen and oxygen atoms in total. The molecule has 0 spiro atoms. The fourth-order valence-corrected chi connectivity index (χ4v) is 3.18. The molecule has 0 aliphatic rings. The number of nitrogens with zero attached hydrogens (tertiary/aromatic N) is 3. The number of hydrogen-bond donors (Lipinski definition) is 0.